The molecule has 2 atom stereocenters. The molecule has 0 saturated carbocycles. The Morgan fingerprint density at radius 2 is 2.05 bits per heavy atom. The van der Waals surface area contributed by atoms with Crippen LogP contribution in [0.3, 0.4) is 0 Å². The van der Waals surface area contributed by atoms with Gasteiger partial charge in [-0.05, 0) is 12.5 Å². The lowest BCUT2D eigenvalue weighted by Gasteiger charge is -2.18. The number of hydrogen-bond donors (Lipinski definition) is 3. The van der Waals surface area contributed by atoms with Crippen LogP contribution in [0.5, 0.6) is 0 Å². The predicted molar refractivity (Wildman–Crippen MR) is 65.2 cm³/mol. The van der Waals surface area contributed by atoms with Crippen molar-refractivity contribution in [3.8, 4) is 0 Å². The van der Waals surface area contributed by atoms with Gasteiger partial charge in [-0.3, -0.25) is 10.1 Å². The van der Waals surface area contributed by atoms with E-state index in [2.05, 4.69) is 4.74 Å². The molecule has 104 valence electrons. The third-order valence-corrected chi connectivity index (χ3v) is 2.59. The molecule has 4 N–H and O–H groups in total. The van der Waals surface area contributed by atoms with E-state index in [1.807, 2.05) is 0 Å². The Balaban J connectivity index is 3.27. The molecule has 1 rings (SSSR count). The molecule has 0 radical (unpaired) electrons. The summed E-state index contributed by atoms with van der Waals surface area (Å²) in [5.41, 5.74) is 5.24. The molecule has 0 aliphatic heterocycles. The number of aryl methyl sites for hydroxylation is 1. The molecule has 0 saturated heterocycles. The lowest BCUT2D eigenvalue weighted by atomic mass is 9.99. The first kappa shape index (κ1) is 14.9. The molecule has 1 aromatic carbocycles. The number of carbonyl (C=O) groups is 1. The minimum atomic E-state index is -1.87. The summed E-state index contributed by atoms with van der Waals surface area (Å²) < 4.78 is 4.28. The second-order valence-electron chi connectivity index (χ2n) is 3.96. The van der Waals surface area contributed by atoms with Crippen LogP contribution in [-0.4, -0.2) is 34.3 Å². The van der Waals surface area contributed by atoms with E-state index in [0.717, 1.165) is 7.11 Å². The Morgan fingerprint density at radius 1 is 1.47 bits per heavy atom. The van der Waals surface area contributed by atoms with Crippen molar-refractivity contribution in [1.29, 1.82) is 0 Å². The number of ether oxygens (including phenoxy) is 1. The first-order valence-corrected chi connectivity index (χ1v) is 5.28. The fourth-order valence-corrected chi connectivity index (χ4v) is 1.62. The highest BCUT2D eigenvalue weighted by atomic mass is 16.6. The molecule has 0 spiro atoms. The standard InChI is InChI=1S/C11H14N2O6/c1-5-3-6(8(12)7(4-5)13(17)18)9(14)10(15)11(16)19-2/h3-4,9-10,14-15H,12H2,1-2H3. The van der Waals surface area contributed by atoms with Gasteiger partial charge in [0, 0.05) is 11.6 Å². The highest BCUT2D eigenvalue weighted by Crippen LogP contribution is 2.32. The molecule has 0 aromatic heterocycles. The zero-order valence-corrected chi connectivity index (χ0v) is 10.4. The van der Waals surface area contributed by atoms with Crippen molar-refractivity contribution in [2.45, 2.75) is 19.1 Å². The fraction of sp³-hybridized carbons (Fsp3) is 0.364. The summed E-state index contributed by atoms with van der Waals surface area (Å²) in [5.74, 6) is -1.06. The zero-order valence-electron chi connectivity index (χ0n) is 10.4. The Bertz CT molecular complexity index is 516. The molecule has 0 heterocycles. The van der Waals surface area contributed by atoms with Crippen molar-refractivity contribution in [2.75, 3.05) is 12.8 Å². The summed E-state index contributed by atoms with van der Waals surface area (Å²) >= 11 is 0. The first-order valence-electron chi connectivity index (χ1n) is 5.28. The topological polar surface area (TPSA) is 136 Å². The van der Waals surface area contributed by atoms with Gasteiger partial charge in [-0.15, -0.1) is 0 Å². The number of methoxy groups -OCH3 is 1. The van der Waals surface area contributed by atoms with E-state index < -0.39 is 28.8 Å². The summed E-state index contributed by atoms with van der Waals surface area (Å²) in [6, 6.07) is 2.59. The smallest absolute Gasteiger partial charge is 0.337 e. The molecule has 0 amide bonds. The van der Waals surface area contributed by atoms with E-state index in [4.69, 9.17) is 5.73 Å². The summed E-state index contributed by atoms with van der Waals surface area (Å²) in [4.78, 5) is 21.2. The number of nitrogens with two attached hydrogens (primary N) is 1. The van der Waals surface area contributed by atoms with Gasteiger partial charge in [-0.25, -0.2) is 4.79 Å². The third kappa shape index (κ3) is 2.98. The Kier molecular flexibility index (Phi) is 4.41. The van der Waals surface area contributed by atoms with E-state index >= 15 is 0 Å². The van der Waals surface area contributed by atoms with Crippen molar-refractivity contribution in [1.82, 2.24) is 0 Å². The maximum atomic E-state index is 11.1. The number of rotatable bonds is 4. The average molecular weight is 270 g/mol. The van der Waals surface area contributed by atoms with Gasteiger partial charge in [-0.2, -0.15) is 0 Å². The van der Waals surface area contributed by atoms with Crippen LogP contribution < -0.4 is 5.73 Å². The van der Waals surface area contributed by atoms with E-state index in [1.54, 1.807) is 6.92 Å². The van der Waals surface area contributed by atoms with Gasteiger partial charge in [0.2, 0.25) is 0 Å². The number of nitro benzene ring substituents is 1. The predicted octanol–water partition coefficient (Wildman–Crippen LogP) is 0.0527. The SMILES string of the molecule is COC(=O)C(O)C(O)c1cc(C)cc([N+](=O)[O-])c1N. The molecule has 19 heavy (non-hydrogen) atoms. The molecular weight excluding hydrogens is 256 g/mol. The van der Waals surface area contributed by atoms with Crippen LogP contribution >= 0.6 is 0 Å². The highest BCUT2D eigenvalue weighted by Gasteiger charge is 2.30. The summed E-state index contributed by atoms with van der Waals surface area (Å²) in [5, 5.41) is 30.2. The van der Waals surface area contributed by atoms with E-state index in [9.17, 15) is 25.1 Å². The molecule has 1 aromatic rings. The van der Waals surface area contributed by atoms with E-state index in [0.29, 0.717) is 5.56 Å². The van der Waals surface area contributed by atoms with Gasteiger partial charge in [0.15, 0.2) is 6.10 Å². The van der Waals surface area contributed by atoms with Gasteiger partial charge in [0.05, 0.1) is 12.0 Å². The number of hydrogen-bond acceptors (Lipinski definition) is 7. The molecule has 0 bridgehead atoms. The Hall–Kier alpha value is -2.19. The van der Waals surface area contributed by atoms with Gasteiger partial charge >= 0.3 is 5.97 Å². The third-order valence-electron chi connectivity index (χ3n) is 2.59. The molecule has 8 nitrogen and oxygen atoms in total. The van der Waals surface area contributed by atoms with Crippen LogP contribution in [0.15, 0.2) is 12.1 Å². The lowest BCUT2D eigenvalue weighted by molar-refractivity contribution is -0.384. The number of nitrogen functional groups attached to an aromatic ring is 1. The second kappa shape index (κ2) is 5.63. The molecule has 0 aliphatic carbocycles. The number of nitro groups is 1. The molecule has 0 aliphatic rings. The number of carbonyl (C=O) groups excluding carboxylic acids is 1. The number of nitrogens with zero attached hydrogens (tertiary/aromatic N) is 1. The van der Waals surface area contributed by atoms with E-state index in [-0.39, 0.29) is 11.3 Å². The molecule has 2 unspecified atom stereocenters. The van der Waals surface area contributed by atoms with Crippen molar-refractivity contribution in [3.63, 3.8) is 0 Å². The quantitative estimate of drug-likeness (QED) is 0.304. The monoisotopic (exact) mass is 270 g/mol. The van der Waals surface area contributed by atoms with Crippen LogP contribution in [0.4, 0.5) is 11.4 Å². The lowest BCUT2D eigenvalue weighted by Crippen LogP contribution is -2.29. The van der Waals surface area contributed by atoms with Crippen LogP contribution in [0.2, 0.25) is 0 Å². The number of anilines is 1. The summed E-state index contributed by atoms with van der Waals surface area (Å²) in [7, 11) is 1.04. The van der Waals surface area contributed by atoms with Gasteiger partial charge in [0.1, 0.15) is 11.8 Å². The number of esters is 1. The van der Waals surface area contributed by atoms with Gasteiger partial charge in [-0.1, -0.05) is 6.07 Å². The van der Waals surface area contributed by atoms with Crippen molar-refractivity contribution in [2.24, 2.45) is 0 Å². The Morgan fingerprint density at radius 3 is 2.53 bits per heavy atom. The second-order valence-corrected chi connectivity index (χ2v) is 3.96. The molecular formula is C11H14N2O6. The maximum Gasteiger partial charge on any atom is 0.337 e. The van der Waals surface area contributed by atoms with Gasteiger partial charge < -0.3 is 20.7 Å². The number of aliphatic hydroxyl groups excluding tert-OH is 2. The summed E-state index contributed by atoms with van der Waals surface area (Å²) in [6.45, 7) is 1.56. The van der Waals surface area contributed by atoms with Crippen molar-refractivity contribution >= 4 is 17.3 Å². The van der Waals surface area contributed by atoms with Crippen molar-refractivity contribution < 1.29 is 24.7 Å². The molecule has 0 fully saturated rings. The largest absolute Gasteiger partial charge is 0.467 e. The zero-order chi connectivity index (χ0) is 14.7. The number of benzene rings is 1. The number of aliphatic hydroxyl groups is 2. The van der Waals surface area contributed by atoms with Crippen LogP contribution in [-0.2, 0) is 9.53 Å². The highest BCUT2D eigenvalue weighted by molar-refractivity contribution is 5.76. The van der Waals surface area contributed by atoms with Crippen LogP contribution in [0.1, 0.15) is 17.2 Å². The van der Waals surface area contributed by atoms with E-state index in [1.165, 1.54) is 12.1 Å². The average Bonchev–Trinajstić information content (AvgIpc) is 2.37. The molecule has 8 heteroatoms. The van der Waals surface area contributed by atoms with Crippen LogP contribution in [0, 0.1) is 17.0 Å². The maximum absolute atomic E-state index is 11.1. The van der Waals surface area contributed by atoms with Gasteiger partial charge in [0.25, 0.3) is 5.69 Å². The van der Waals surface area contributed by atoms with Crippen molar-refractivity contribution in [3.05, 3.63) is 33.4 Å². The fourth-order valence-electron chi connectivity index (χ4n) is 1.62. The van der Waals surface area contributed by atoms with Crippen LogP contribution in [0.25, 0.3) is 0 Å². The first-order chi connectivity index (χ1) is 8.79. The minimum absolute atomic E-state index is 0.0930. The summed E-state index contributed by atoms with van der Waals surface area (Å²) in [6.07, 6.45) is -3.57. The normalized spacial score (nSPS) is 13.7. The minimum Gasteiger partial charge on any atom is -0.467 e. The Labute approximate surface area is 108 Å².